The lowest BCUT2D eigenvalue weighted by atomic mass is 9.73. The quantitative estimate of drug-likeness (QED) is 0.434. The van der Waals surface area contributed by atoms with Gasteiger partial charge in [0.05, 0.1) is 12.1 Å². The Balaban J connectivity index is 0.989. The molecule has 2 saturated heterocycles. The lowest BCUT2D eigenvalue weighted by Gasteiger charge is -2.50. The molecule has 234 valence electrons. The Morgan fingerprint density at radius 3 is 2.93 bits per heavy atom. The fourth-order valence-corrected chi connectivity index (χ4v) is 6.91. The van der Waals surface area contributed by atoms with Gasteiger partial charge in [-0.05, 0) is 81.2 Å². The van der Waals surface area contributed by atoms with Crippen LogP contribution in [0.3, 0.4) is 0 Å². The summed E-state index contributed by atoms with van der Waals surface area (Å²) in [6, 6.07) is 11.0. The summed E-state index contributed by atoms with van der Waals surface area (Å²) in [6.07, 6.45) is 8.45. The number of aromatic nitrogens is 1. The van der Waals surface area contributed by atoms with Crippen molar-refractivity contribution in [2.24, 2.45) is 15.4 Å². The first-order valence-electron chi connectivity index (χ1n) is 15.9. The van der Waals surface area contributed by atoms with E-state index in [1.165, 1.54) is 12.5 Å². The number of hydrogen-bond donors (Lipinski definition) is 2. The zero-order chi connectivity index (χ0) is 31.0. The molecular weight excluding hydrogens is 569 g/mol. The number of anilines is 1. The van der Waals surface area contributed by atoms with Gasteiger partial charge in [0.2, 0.25) is 11.8 Å². The van der Waals surface area contributed by atoms with E-state index in [-0.39, 0.29) is 17.7 Å². The molecule has 10 heteroatoms. The molecular formula is C35H40FN7O2. The van der Waals surface area contributed by atoms with Gasteiger partial charge in [0.1, 0.15) is 12.4 Å². The van der Waals surface area contributed by atoms with E-state index in [0.29, 0.717) is 23.7 Å². The molecule has 0 radical (unpaired) electrons. The summed E-state index contributed by atoms with van der Waals surface area (Å²) in [6.45, 7) is 8.00. The Kier molecular flexibility index (Phi) is 8.10. The molecule has 1 amide bonds. The fraction of sp³-hybridized carbons (Fsp3) is 0.429. The summed E-state index contributed by atoms with van der Waals surface area (Å²) in [5.74, 6) is 0.295. The van der Waals surface area contributed by atoms with Gasteiger partial charge in [-0.2, -0.15) is 0 Å². The lowest BCUT2D eigenvalue weighted by molar-refractivity contribution is -0.143. The monoisotopic (exact) mass is 609 g/mol. The minimum absolute atomic E-state index is 0.00247. The third-order valence-electron chi connectivity index (χ3n) is 9.70. The third-order valence-corrected chi connectivity index (χ3v) is 9.70. The second-order valence-corrected chi connectivity index (χ2v) is 12.9. The predicted octanol–water partition coefficient (Wildman–Crippen LogP) is 4.74. The summed E-state index contributed by atoms with van der Waals surface area (Å²) < 4.78 is 20.9. The van der Waals surface area contributed by atoms with Crippen molar-refractivity contribution in [2.75, 3.05) is 51.7 Å². The summed E-state index contributed by atoms with van der Waals surface area (Å²) in [5, 5.41) is 6.64. The number of ether oxygens (including phenoxy) is 1. The Hall–Kier alpha value is -4.15. The number of amides is 1. The van der Waals surface area contributed by atoms with Crippen molar-refractivity contribution < 1.29 is 13.9 Å². The number of hydrogen-bond acceptors (Lipinski definition) is 8. The van der Waals surface area contributed by atoms with Crippen LogP contribution in [-0.4, -0.2) is 85.7 Å². The fourth-order valence-electron chi connectivity index (χ4n) is 6.91. The predicted molar refractivity (Wildman–Crippen MR) is 175 cm³/mol. The molecule has 7 rings (SSSR count). The number of fused-ring (bicyclic) bond motifs is 2. The van der Waals surface area contributed by atoms with Crippen LogP contribution < -0.4 is 15.4 Å². The first-order chi connectivity index (χ1) is 21.9. The molecule has 2 aromatic carbocycles. The normalized spacial score (nSPS) is 20.7. The van der Waals surface area contributed by atoms with Gasteiger partial charge in [-0.15, -0.1) is 0 Å². The molecule has 9 nitrogen and oxygen atoms in total. The average Bonchev–Trinajstić information content (AvgIpc) is 3.47. The van der Waals surface area contributed by atoms with Crippen LogP contribution in [0.2, 0.25) is 0 Å². The van der Waals surface area contributed by atoms with Crippen LogP contribution in [0.1, 0.15) is 41.5 Å². The Morgan fingerprint density at radius 2 is 2.07 bits per heavy atom. The molecule has 2 fully saturated rings. The summed E-state index contributed by atoms with van der Waals surface area (Å²) in [5.41, 5.74) is 7.20. The SMILES string of the molecule is Cc1c(-c2ccc3c(c2)N=CC(Nc2ccc(CC(=O)N4CC5(CCCN(C)CC5)C4)c(F)c2)N=C3)cnc2c1CNCCO2. The lowest BCUT2D eigenvalue weighted by Crippen LogP contribution is -2.59. The highest BCUT2D eigenvalue weighted by Gasteiger charge is 2.45. The number of pyridine rings is 1. The average molecular weight is 610 g/mol. The van der Waals surface area contributed by atoms with Crippen molar-refractivity contribution in [3.05, 3.63) is 70.7 Å². The number of carbonyl (C=O) groups is 1. The van der Waals surface area contributed by atoms with Crippen molar-refractivity contribution in [3.63, 3.8) is 0 Å². The molecule has 1 spiro atoms. The molecule has 4 aliphatic heterocycles. The van der Waals surface area contributed by atoms with Crippen LogP contribution in [0.25, 0.3) is 11.1 Å². The van der Waals surface area contributed by atoms with E-state index in [1.807, 2.05) is 23.2 Å². The van der Waals surface area contributed by atoms with E-state index in [0.717, 1.165) is 85.6 Å². The molecule has 0 aliphatic carbocycles. The Labute approximate surface area is 263 Å². The molecule has 1 atom stereocenters. The number of likely N-dealkylation sites (tertiary alicyclic amines) is 2. The van der Waals surface area contributed by atoms with Gasteiger partial charge in [0, 0.05) is 72.6 Å². The second kappa shape index (κ2) is 12.3. The minimum atomic E-state index is -0.470. The van der Waals surface area contributed by atoms with Crippen molar-refractivity contribution in [1.29, 1.82) is 0 Å². The van der Waals surface area contributed by atoms with E-state index < -0.39 is 12.0 Å². The number of rotatable bonds is 5. The maximum atomic E-state index is 15.2. The summed E-state index contributed by atoms with van der Waals surface area (Å²) in [7, 11) is 2.16. The second-order valence-electron chi connectivity index (χ2n) is 12.9. The summed E-state index contributed by atoms with van der Waals surface area (Å²) in [4.78, 5) is 31.2. The number of aliphatic imine (C=N–C) groups is 2. The Morgan fingerprint density at radius 1 is 1.18 bits per heavy atom. The van der Waals surface area contributed by atoms with E-state index in [9.17, 15) is 4.79 Å². The maximum Gasteiger partial charge on any atom is 0.227 e. The van der Waals surface area contributed by atoms with E-state index in [4.69, 9.17) is 9.73 Å². The molecule has 4 aliphatic rings. The van der Waals surface area contributed by atoms with Gasteiger partial charge in [-0.25, -0.2) is 9.37 Å². The first kappa shape index (κ1) is 29.6. The van der Waals surface area contributed by atoms with Crippen LogP contribution in [0.15, 0.2) is 52.6 Å². The number of carbonyl (C=O) groups excluding carboxylic acids is 1. The Bertz CT molecular complexity index is 1670. The molecule has 3 aromatic rings. The summed E-state index contributed by atoms with van der Waals surface area (Å²) >= 11 is 0. The van der Waals surface area contributed by atoms with E-state index >= 15 is 4.39 Å². The third kappa shape index (κ3) is 6.21. The van der Waals surface area contributed by atoms with Crippen molar-refractivity contribution >= 4 is 29.7 Å². The highest BCUT2D eigenvalue weighted by Crippen LogP contribution is 2.40. The van der Waals surface area contributed by atoms with Crippen molar-refractivity contribution in [3.8, 4) is 17.0 Å². The molecule has 0 bridgehead atoms. The maximum absolute atomic E-state index is 15.2. The smallest absolute Gasteiger partial charge is 0.227 e. The molecule has 5 heterocycles. The van der Waals surface area contributed by atoms with Crippen molar-refractivity contribution in [2.45, 2.75) is 45.3 Å². The van der Waals surface area contributed by atoms with Crippen LogP contribution in [-0.2, 0) is 17.8 Å². The molecule has 1 aromatic heterocycles. The van der Waals surface area contributed by atoms with Crippen LogP contribution in [0.5, 0.6) is 5.88 Å². The zero-order valence-electron chi connectivity index (χ0n) is 26.0. The van der Waals surface area contributed by atoms with Crippen LogP contribution in [0, 0.1) is 18.2 Å². The highest BCUT2D eigenvalue weighted by molar-refractivity contribution is 5.93. The van der Waals surface area contributed by atoms with Crippen LogP contribution in [0.4, 0.5) is 15.8 Å². The highest BCUT2D eigenvalue weighted by atomic mass is 19.1. The van der Waals surface area contributed by atoms with E-state index in [2.05, 4.69) is 45.5 Å². The topological polar surface area (TPSA) is 94.5 Å². The number of nitrogens with zero attached hydrogens (tertiary/aromatic N) is 5. The minimum Gasteiger partial charge on any atom is -0.476 e. The molecule has 1 unspecified atom stereocenters. The first-order valence-corrected chi connectivity index (χ1v) is 15.9. The van der Waals surface area contributed by atoms with Crippen molar-refractivity contribution in [1.82, 2.24) is 20.1 Å². The zero-order valence-corrected chi connectivity index (χ0v) is 26.0. The van der Waals surface area contributed by atoms with Gasteiger partial charge in [0.25, 0.3) is 0 Å². The molecule has 0 saturated carbocycles. The molecule has 45 heavy (non-hydrogen) atoms. The van der Waals surface area contributed by atoms with Gasteiger partial charge in [-0.1, -0.05) is 18.2 Å². The molecule has 2 N–H and O–H groups in total. The van der Waals surface area contributed by atoms with Gasteiger partial charge < -0.3 is 25.2 Å². The number of nitrogens with one attached hydrogen (secondary N) is 2. The van der Waals surface area contributed by atoms with Crippen LogP contribution >= 0.6 is 0 Å². The van der Waals surface area contributed by atoms with E-state index in [1.54, 1.807) is 24.6 Å². The van der Waals surface area contributed by atoms with Gasteiger partial charge in [0.15, 0.2) is 6.17 Å². The van der Waals surface area contributed by atoms with Gasteiger partial charge in [-0.3, -0.25) is 14.8 Å². The number of benzene rings is 2. The number of halogens is 1. The standard InChI is InChI=1S/C35H40FN7O2/c1-23-28(19-40-34-29(23)18-37-10-13-45-34)24-4-5-26-17-39-32(20-38-31(26)14-24)41-27-7-6-25(30(36)16-27)15-33(44)43-21-35(22-43)8-3-11-42(2)12-9-35/h4-7,14,16-17,19-20,32,37,41H,3,8-13,15,18,21-22H2,1-2H3. The van der Waals surface area contributed by atoms with Gasteiger partial charge >= 0.3 is 0 Å². The largest absolute Gasteiger partial charge is 0.476 e.